The minimum Gasteiger partial charge on any atom is -0.496 e. The standard InChI is InChI=1S/C18H21ClN4O4/c1-3-23-16(18(25)22-6-8-27-9-7-22)14(11-20-23)21-17(24)13-10-12(19)4-5-15(13)26-2/h4-5,10-11H,3,6-9H2,1-2H3,(H,21,24). The number of nitrogens with one attached hydrogen (secondary N) is 1. The lowest BCUT2D eigenvalue weighted by atomic mass is 10.1. The van der Waals surface area contributed by atoms with Gasteiger partial charge in [-0.05, 0) is 25.1 Å². The number of hydrogen-bond donors (Lipinski definition) is 1. The van der Waals surface area contributed by atoms with Crippen molar-refractivity contribution in [3.05, 3.63) is 40.7 Å². The van der Waals surface area contributed by atoms with Crippen molar-refractivity contribution >= 4 is 29.1 Å². The maximum atomic E-state index is 13.0. The Morgan fingerprint density at radius 3 is 2.74 bits per heavy atom. The second-order valence-corrected chi connectivity index (χ2v) is 6.36. The van der Waals surface area contributed by atoms with Crippen molar-refractivity contribution in [1.29, 1.82) is 0 Å². The van der Waals surface area contributed by atoms with Crippen LogP contribution in [0.4, 0.5) is 5.69 Å². The molecule has 0 saturated carbocycles. The summed E-state index contributed by atoms with van der Waals surface area (Å²) in [6, 6.07) is 4.77. The van der Waals surface area contributed by atoms with Gasteiger partial charge in [0.15, 0.2) is 0 Å². The summed E-state index contributed by atoms with van der Waals surface area (Å²) in [5.41, 5.74) is 0.966. The second-order valence-electron chi connectivity index (χ2n) is 5.93. The maximum absolute atomic E-state index is 13.0. The van der Waals surface area contributed by atoms with E-state index in [4.69, 9.17) is 21.1 Å². The molecule has 2 amide bonds. The van der Waals surface area contributed by atoms with Gasteiger partial charge in [0.05, 0.1) is 37.8 Å². The van der Waals surface area contributed by atoms with Crippen LogP contribution in [-0.2, 0) is 11.3 Å². The van der Waals surface area contributed by atoms with E-state index in [1.165, 1.54) is 19.4 Å². The normalized spacial score (nSPS) is 14.1. The van der Waals surface area contributed by atoms with E-state index in [-0.39, 0.29) is 11.5 Å². The SMILES string of the molecule is CCn1ncc(NC(=O)c2cc(Cl)ccc2OC)c1C(=O)N1CCOCC1. The first-order chi connectivity index (χ1) is 13.0. The third-order valence-corrected chi connectivity index (χ3v) is 4.53. The number of rotatable bonds is 5. The highest BCUT2D eigenvalue weighted by Gasteiger charge is 2.26. The molecule has 1 aliphatic heterocycles. The number of aromatic nitrogens is 2. The van der Waals surface area contributed by atoms with E-state index in [1.54, 1.807) is 21.7 Å². The molecule has 0 aliphatic carbocycles. The fourth-order valence-corrected chi connectivity index (χ4v) is 3.08. The molecule has 1 saturated heterocycles. The summed E-state index contributed by atoms with van der Waals surface area (Å²) in [5.74, 6) is -0.229. The maximum Gasteiger partial charge on any atom is 0.274 e. The quantitative estimate of drug-likeness (QED) is 0.843. The van der Waals surface area contributed by atoms with Gasteiger partial charge >= 0.3 is 0 Å². The Bertz CT molecular complexity index is 846. The van der Waals surface area contributed by atoms with Crippen molar-refractivity contribution in [2.24, 2.45) is 0 Å². The highest BCUT2D eigenvalue weighted by atomic mass is 35.5. The molecule has 9 heteroatoms. The number of nitrogens with zero attached hydrogens (tertiary/aromatic N) is 3. The summed E-state index contributed by atoms with van der Waals surface area (Å²) in [4.78, 5) is 27.4. The van der Waals surface area contributed by atoms with E-state index >= 15 is 0 Å². The Labute approximate surface area is 162 Å². The lowest BCUT2D eigenvalue weighted by Crippen LogP contribution is -2.41. The number of ether oxygens (including phenoxy) is 2. The first-order valence-corrected chi connectivity index (χ1v) is 9.00. The van der Waals surface area contributed by atoms with Crippen LogP contribution in [0.25, 0.3) is 0 Å². The molecular formula is C18H21ClN4O4. The first-order valence-electron chi connectivity index (χ1n) is 8.62. The number of benzene rings is 1. The van der Waals surface area contributed by atoms with Crippen LogP contribution in [0.3, 0.4) is 0 Å². The van der Waals surface area contributed by atoms with Crippen LogP contribution in [0, 0.1) is 0 Å². The van der Waals surface area contributed by atoms with Crippen LogP contribution in [-0.4, -0.2) is 59.9 Å². The molecule has 2 aromatic rings. The van der Waals surface area contributed by atoms with Gasteiger partial charge < -0.3 is 19.7 Å². The molecule has 0 bridgehead atoms. The van der Waals surface area contributed by atoms with Crippen LogP contribution in [0.15, 0.2) is 24.4 Å². The zero-order valence-electron chi connectivity index (χ0n) is 15.2. The zero-order chi connectivity index (χ0) is 19.4. The number of halogens is 1. The predicted molar refractivity (Wildman–Crippen MR) is 101 cm³/mol. The molecule has 27 heavy (non-hydrogen) atoms. The smallest absolute Gasteiger partial charge is 0.274 e. The third kappa shape index (κ3) is 4.06. The highest BCUT2D eigenvalue weighted by molar-refractivity contribution is 6.31. The molecule has 0 atom stereocenters. The number of carbonyl (C=O) groups excluding carboxylic acids is 2. The van der Waals surface area contributed by atoms with Gasteiger partial charge in [0.25, 0.3) is 11.8 Å². The average molecular weight is 393 g/mol. The van der Waals surface area contributed by atoms with Gasteiger partial charge in [0.1, 0.15) is 11.4 Å². The van der Waals surface area contributed by atoms with Crippen molar-refractivity contribution in [3.63, 3.8) is 0 Å². The summed E-state index contributed by atoms with van der Waals surface area (Å²) in [6.45, 7) is 4.38. The summed E-state index contributed by atoms with van der Waals surface area (Å²) in [6.07, 6.45) is 1.48. The van der Waals surface area contributed by atoms with Crippen molar-refractivity contribution in [2.45, 2.75) is 13.5 Å². The van der Waals surface area contributed by atoms with Crippen LogP contribution in [0.2, 0.25) is 5.02 Å². The number of morpholine rings is 1. The second kappa shape index (κ2) is 8.41. The predicted octanol–water partition coefficient (Wildman–Crippen LogP) is 2.29. The average Bonchev–Trinajstić information content (AvgIpc) is 3.10. The van der Waals surface area contributed by atoms with Crippen molar-refractivity contribution in [1.82, 2.24) is 14.7 Å². The zero-order valence-corrected chi connectivity index (χ0v) is 16.0. The minimum atomic E-state index is -0.430. The summed E-state index contributed by atoms with van der Waals surface area (Å²) >= 11 is 6.01. The number of amides is 2. The fourth-order valence-electron chi connectivity index (χ4n) is 2.91. The van der Waals surface area contributed by atoms with E-state index in [9.17, 15) is 9.59 Å². The molecule has 1 N–H and O–H groups in total. The van der Waals surface area contributed by atoms with Crippen molar-refractivity contribution in [3.8, 4) is 5.75 Å². The van der Waals surface area contributed by atoms with Crippen LogP contribution in [0.1, 0.15) is 27.8 Å². The Kier molecular flexibility index (Phi) is 5.98. The van der Waals surface area contributed by atoms with Gasteiger partial charge in [-0.3, -0.25) is 14.3 Å². The van der Waals surface area contributed by atoms with Gasteiger partial charge in [-0.1, -0.05) is 11.6 Å². The van der Waals surface area contributed by atoms with Crippen LogP contribution in [0.5, 0.6) is 5.75 Å². The Morgan fingerprint density at radius 1 is 1.33 bits per heavy atom. The molecule has 144 valence electrons. The molecule has 0 radical (unpaired) electrons. The van der Waals surface area contributed by atoms with E-state index in [1.807, 2.05) is 6.92 Å². The number of carbonyl (C=O) groups is 2. The molecule has 3 rings (SSSR count). The minimum absolute atomic E-state index is 0.189. The van der Waals surface area contributed by atoms with E-state index < -0.39 is 5.91 Å². The van der Waals surface area contributed by atoms with E-state index in [0.29, 0.717) is 55.0 Å². The molecular weight excluding hydrogens is 372 g/mol. The van der Waals surface area contributed by atoms with E-state index in [2.05, 4.69) is 10.4 Å². The lowest BCUT2D eigenvalue weighted by molar-refractivity contribution is 0.0295. The lowest BCUT2D eigenvalue weighted by Gasteiger charge is -2.27. The van der Waals surface area contributed by atoms with Gasteiger partial charge in [0.2, 0.25) is 0 Å². The van der Waals surface area contributed by atoms with Gasteiger partial charge in [-0.25, -0.2) is 0 Å². The first kappa shape index (κ1) is 19.2. The molecule has 1 aromatic carbocycles. The molecule has 8 nitrogen and oxygen atoms in total. The van der Waals surface area contributed by atoms with Gasteiger partial charge in [-0.2, -0.15) is 5.10 Å². The van der Waals surface area contributed by atoms with Crippen LogP contribution < -0.4 is 10.1 Å². The summed E-state index contributed by atoms with van der Waals surface area (Å²) in [5, 5.41) is 7.40. The number of aryl methyl sites for hydroxylation is 1. The molecule has 0 spiro atoms. The molecule has 1 fully saturated rings. The summed E-state index contributed by atoms with van der Waals surface area (Å²) in [7, 11) is 1.47. The summed E-state index contributed by atoms with van der Waals surface area (Å²) < 4.78 is 12.1. The number of methoxy groups -OCH3 is 1. The van der Waals surface area contributed by atoms with Crippen molar-refractivity contribution in [2.75, 3.05) is 38.7 Å². The van der Waals surface area contributed by atoms with Crippen molar-refractivity contribution < 1.29 is 19.1 Å². The largest absolute Gasteiger partial charge is 0.496 e. The molecule has 1 aliphatic rings. The van der Waals surface area contributed by atoms with Gasteiger partial charge in [-0.15, -0.1) is 0 Å². The number of anilines is 1. The monoisotopic (exact) mass is 392 g/mol. The Hall–Kier alpha value is -2.58. The molecule has 2 heterocycles. The Balaban J connectivity index is 1.89. The highest BCUT2D eigenvalue weighted by Crippen LogP contribution is 2.25. The topological polar surface area (TPSA) is 85.7 Å². The molecule has 0 unspecified atom stereocenters. The van der Waals surface area contributed by atoms with Gasteiger partial charge in [0, 0.05) is 24.7 Å². The Morgan fingerprint density at radius 2 is 2.07 bits per heavy atom. The fraction of sp³-hybridized carbons (Fsp3) is 0.389. The van der Waals surface area contributed by atoms with E-state index in [0.717, 1.165) is 0 Å². The van der Waals surface area contributed by atoms with Crippen LogP contribution >= 0.6 is 11.6 Å². The number of hydrogen-bond acceptors (Lipinski definition) is 5. The third-order valence-electron chi connectivity index (χ3n) is 4.29. The molecule has 1 aromatic heterocycles.